The summed E-state index contributed by atoms with van der Waals surface area (Å²) in [6.07, 6.45) is 0. The minimum absolute atomic E-state index is 0.106. The molecule has 0 amide bonds. The van der Waals surface area contributed by atoms with E-state index in [1.165, 1.54) is 6.07 Å². The number of halogens is 1. The number of hydrogen-bond donors (Lipinski definition) is 0. The minimum atomic E-state index is -3.70. The van der Waals surface area contributed by atoms with Crippen molar-refractivity contribution in [3.63, 3.8) is 0 Å². The summed E-state index contributed by atoms with van der Waals surface area (Å²) in [7, 11) is 1.65. The molecule has 0 saturated heterocycles. The number of ether oxygens (including phenoxy) is 1. The SMILES string of the molecule is CC(C)N1CCOc2ccc(S(=O)(=O)Cl)cc21. The number of rotatable bonds is 2. The number of fused-ring (bicyclic) bond motifs is 1. The third-order valence-corrected chi connectivity index (χ3v) is 4.09. The maximum absolute atomic E-state index is 11.3. The van der Waals surface area contributed by atoms with Crippen LogP contribution in [0.1, 0.15) is 13.8 Å². The average Bonchev–Trinajstić information content (AvgIpc) is 2.26. The van der Waals surface area contributed by atoms with E-state index in [4.69, 9.17) is 15.4 Å². The van der Waals surface area contributed by atoms with Gasteiger partial charge < -0.3 is 9.64 Å². The summed E-state index contributed by atoms with van der Waals surface area (Å²) in [6, 6.07) is 4.96. The van der Waals surface area contributed by atoms with E-state index in [9.17, 15) is 8.42 Å². The van der Waals surface area contributed by atoms with Crippen molar-refractivity contribution in [3.05, 3.63) is 18.2 Å². The highest BCUT2D eigenvalue weighted by Gasteiger charge is 2.22. The molecular formula is C11H14ClNO3S. The molecule has 2 rings (SSSR count). The third-order valence-electron chi connectivity index (χ3n) is 2.73. The van der Waals surface area contributed by atoms with Crippen LogP contribution in [-0.4, -0.2) is 27.6 Å². The van der Waals surface area contributed by atoms with Crippen molar-refractivity contribution in [3.8, 4) is 5.75 Å². The van der Waals surface area contributed by atoms with E-state index in [0.717, 1.165) is 12.2 Å². The molecule has 0 saturated carbocycles. The fourth-order valence-corrected chi connectivity index (χ4v) is 2.68. The van der Waals surface area contributed by atoms with Gasteiger partial charge in [0.1, 0.15) is 12.4 Å². The number of hydrogen-bond acceptors (Lipinski definition) is 4. The summed E-state index contributed by atoms with van der Waals surface area (Å²) >= 11 is 0. The van der Waals surface area contributed by atoms with Crippen LogP contribution in [0.15, 0.2) is 23.1 Å². The van der Waals surface area contributed by atoms with E-state index in [1.807, 2.05) is 0 Å². The zero-order valence-electron chi connectivity index (χ0n) is 9.68. The summed E-state index contributed by atoms with van der Waals surface area (Å²) < 4.78 is 28.1. The standard InChI is InChI=1S/C11H14ClNO3S/c1-8(2)13-5-6-16-11-4-3-9(7-10(11)13)17(12,14)15/h3-4,7-8H,5-6H2,1-2H3. The molecule has 0 unspecified atom stereocenters. The van der Waals surface area contributed by atoms with Crippen LogP contribution in [0.4, 0.5) is 5.69 Å². The fraction of sp³-hybridized carbons (Fsp3) is 0.455. The highest BCUT2D eigenvalue weighted by atomic mass is 35.7. The van der Waals surface area contributed by atoms with Crippen molar-refractivity contribution in [1.82, 2.24) is 0 Å². The molecule has 0 aromatic heterocycles. The van der Waals surface area contributed by atoms with E-state index in [-0.39, 0.29) is 10.9 Å². The Morgan fingerprint density at radius 3 is 2.71 bits per heavy atom. The second-order valence-electron chi connectivity index (χ2n) is 4.20. The molecular weight excluding hydrogens is 262 g/mol. The van der Waals surface area contributed by atoms with Gasteiger partial charge in [0.25, 0.3) is 9.05 Å². The van der Waals surface area contributed by atoms with E-state index in [0.29, 0.717) is 12.4 Å². The van der Waals surface area contributed by atoms with Crippen LogP contribution >= 0.6 is 10.7 Å². The van der Waals surface area contributed by atoms with Crippen LogP contribution < -0.4 is 9.64 Å². The normalized spacial score (nSPS) is 15.6. The van der Waals surface area contributed by atoms with Crippen molar-refractivity contribution in [1.29, 1.82) is 0 Å². The highest BCUT2D eigenvalue weighted by molar-refractivity contribution is 8.13. The van der Waals surface area contributed by atoms with Gasteiger partial charge in [-0.15, -0.1) is 0 Å². The lowest BCUT2D eigenvalue weighted by atomic mass is 10.2. The molecule has 1 heterocycles. The average molecular weight is 276 g/mol. The molecule has 1 aliphatic heterocycles. The molecule has 0 aliphatic carbocycles. The molecule has 94 valence electrons. The topological polar surface area (TPSA) is 46.6 Å². The minimum Gasteiger partial charge on any atom is -0.490 e. The first-order chi connectivity index (χ1) is 7.89. The van der Waals surface area contributed by atoms with Gasteiger partial charge in [-0.3, -0.25) is 0 Å². The molecule has 0 atom stereocenters. The van der Waals surface area contributed by atoms with Crippen LogP contribution in [0.5, 0.6) is 5.75 Å². The Labute approximate surface area is 106 Å². The van der Waals surface area contributed by atoms with Crippen LogP contribution in [0.3, 0.4) is 0 Å². The Morgan fingerprint density at radius 2 is 2.12 bits per heavy atom. The molecule has 1 aromatic rings. The zero-order chi connectivity index (χ0) is 12.6. The monoisotopic (exact) mass is 275 g/mol. The van der Waals surface area contributed by atoms with E-state index in [2.05, 4.69) is 18.7 Å². The van der Waals surface area contributed by atoms with Crippen LogP contribution in [0.25, 0.3) is 0 Å². The Kier molecular flexibility index (Phi) is 3.23. The maximum atomic E-state index is 11.3. The van der Waals surface area contributed by atoms with Gasteiger partial charge in [0, 0.05) is 16.7 Å². The van der Waals surface area contributed by atoms with Crippen molar-refractivity contribution < 1.29 is 13.2 Å². The summed E-state index contributed by atoms with van der Waals surface area (Å²) in [5, 5.41) is 0. The highest BCUT2D eigenvalue weighted by Crippen LogP contribution is 2.35. The number of anilines is 1. The van der Waals surface area contributed by atoms with Gasteiger partial charge >= 0.3 is 0 Å². The van der Waals surface area contributed by atoms with Crippen LogP contribution in [-0.2, 0) is 9.05 Å². The molecule has 17 heavy (non-hydrogen) atoms. The van der Waals surface area contributed by atoms with E-state index >= 15 is 0 Å². The van der Waals surface area contributed by atoms with Gasteiger partial charge in [-0.05, 0) is 32.0 Å². The first-order valence-corrected chi connectivity index (χ1v) is 7.68. The molecule has 0 spiro atoms. The number of benzene rings is 1. The fourth-order valence-electron chi connectivity index (χ4n) is 1.91. The molecule has 4 nitrogen and oxygen atoms in total. The molecule has 6 heteroatoms. The molecule has 0 fully saturated rings. The molecule has 1 aliphatic rings. The number of nitrogens with zero attached hydrogens (tertiary/aromatic N) is 1. The van der Waals surface area contributed by atoms with Gasteiger partial charge in [-0.25, -0.2) is 8.42 Å². The van der Waals surface area contributed by atoms with Crippen LogP contribution in [0.2, 0.25) is 0 Å². The van der Waals surface area contributed by atoms with Crippen molar-refractivity contribution in [2.75, 3.05) is 18.1 Å². The third kappa shape index (κ3) is 2.50. The van der Waals surface area contributed by atoms with E-state index in [1.54, 1.807) is 12.1 Å². The first kappa shape index (κ1) is 12.5. The summed E-state index contributed by atoms with van der Waals surface area (Å²) in [4.78, 5) is 2.21. The predicted octanol–water partition coefficient (Wildman–Crippen LogP) is 2.22. The quantitative estimate of drug-likeness (QED) is 0.777. The van der Waals surface area contributed by atoms with Gasteiger partial charge in [0.2, 0.25) is 0 Å². The van der Waals surface area contributed by atoms with Crippen molar-refractivity contribution >= 4 is 25.4 Å². The maximum Gasteiger partial charge on any atom is 0.261 e. The zero-order valence-corrected chi connectivity index (χ0v) is 11.3. The van der Waals surface area contributed by atoms with Gasteiger partial charge in [-0.2, -0.15) is 0 Å². The Balaban J connectivity index is 2.52. The second kappa shape index (κ2) is 4.38. The van der Waals surface area contributed by atoms with Crippen molar-refractivity contribution in [2.24, 2.45) is 0 Å². The van der Waals surface area contributed by atoms with Gasteiger partial charge in [-0.1, -0.05) is 0 Å². The van der Waals surface area contributed by atoms with Crippen LogP contribution in [0, 0.1) is 0 Å². The molecule has 1 aromatic carbocycles. The summed E-state index contributed by atoms with van der Waals surface area (Å²) in [5.74, 6) is 0.703. The predicted molar refractivity (Wildman–Crippen MR) is 67.5 cm³/mol. The molecule has 0 radical (unpaired) electrons. The van der Waals surface area contributed by atoms with Gasteiger partial charge in [0.15, 0.2) is 0 Å². The largest absolute Gasteiger partial charge is 0.490 e. The first-order valence-electron chi connectivity index (χ1n) is 5.38. The van der Waals surface area contributed by atoms with Crippen molar-refractivity contribution in [2.45, 2.75) is 24.8 Å². The van der Waals surface area contributed by atoms with Gasteiger partial charge in [0.05, 0.1) is 17.1 Å². The second-order valence-corrected chi connectivity index (χ2v) is 6.77. The van der Waals surface area contributed by atoms with E-state index < -0.39 is 9.05 Å². The lowest BCUT2D eigenvalue weighted by Gasteiger charge is -2.34. The summed E-state index contributed by atoms with van der Waals surface area (Å²) in [6.45, 7) is 5.46. The Morgan fingerprint density at radius 1 is 1.41 bits per heavy atom. The Bertz CT molecular complexity index is 528. The molecule has 0 N–H and O–H groups in total. The lowest BCUT2D eigenvalue weighted by Crippen LogP contribution is -2.37. The molecule has 0 bridgehead atoms. The summed E-state index contributed by atoms with van der Waals surface area (Å²) in [5.41, 5.74) is 0.785. The Hall–Kier alpha value is -0.940. The smallest absolute Gasteiger partial charge is 0.261 e. The lowest BCUT2D eigenvalue weighted by molar-refractivity contribution is 0.302.